The van der Waals surface area contributed by atoms with Gasteiger partial charge in [0.1, 0.15) is 5.82 Å². The van der Waals surface area contributed by atoms with Crippen molar-refractivity contribution in [2.75, 3.05) is 13.6 Å². The van der Waals surface area contributed by atoms with Crippen LogP contribution in [0.15, 0.2) is 22.7 Å². The number of carboxylic acids is 1. The monoisotopic (exact) mass is 289 g/mol. The summed E-state index contributed by atoms with van der Waals surface area (Å²) >= 11 is 3.10. The van der Waals surface area contributed by atoms with E-state index in [-0.39, 0.29) is 18.4 Å². The minimum Gasteiger partial charge on any atom is -0.480 e. The molecule has 3 nitrogen and oxygen atoms in total. The van der Waals surface area contributed by atoms with Gasteiger partial charge in [-0.05, 0) is 47.6 Å². The van der Waals surface area contributed by atoms with Crippen molar-refractivity contribution < 1.29 is 14.3 Å². The van der Waals surface area contributed by atoms with Crippen LogP contribution in [0.2, 0.25) is 0 Å². The zero-order chi connectivity index (χ0) is 12.3. The minimum atomic E-state index is -0.879. The number of aliphatic carboxylic acids is 1. The van der Waals surface area contributed by atoms with Crippen molar-refractivity contribution in [3.8, 4) is 0 Å². The molecule has 1 aromatic rings. The van der Waals surface area contributed by atoms with Crippen LogP contribution < -0.4 is 0 Å². The normalized spacial score (nSPS) is 12.8. The number of hydrogen-bond donors (Lipinski definition) is 1. The average Bonchev–Trinajstić information content (AvgIpc) is 2.20. The fraction of sp³-hybridized carbons (Fsp3) is 0.364. The highest BCUT2D eigenvalue weighted by molar-refractivity contribution is 9.10. The van der Waals surface area contributed by atoms with Crippen LogP contribution in [-0.2, 0) is 4.79 Å². The summed E-state index contributed by atoms with van der Waals surface area (Å²) < 4.78 is 13.4. The van der Waals surface area contributed by atoms with Gasteiger partial charge in [-0.1, -0.05) is 6.07 Å². The van der Waals surface area contributed by atoms with Crippen LogP contribution in [0, 0.1) is 5.82 Å². The Morgan fingerprint density at radius 3 is 2.75 bits per heavy atom. The topological polar surface area (TPSA) is 40.5 Å². The lowest BCUT2D eigenvalue weighted by molar-refractivity contribution is -0.138. The molecule has 1 aromatic carbocycles. The zero-order valence-corrected chi connectivity index (χ0v) is 10.7. The maximum absolute atomic E-state index is 13.0. The van der Waals surface area contributed by atoms with Crippen LogP contribution in [0.25, 0.3) is 0 Å². The first-order valence-electron chi connectivity index (χ1n) is 4.78. The third-order valence-corrected chi connectivity index (χ3v) is 3.08. The van der Waals surface area contributed by atoms with E-state index in [2.05, 4.69) is 15.9 Å². The number of carboxylic acid groups (broad SMARTS) is 1. The second kappa shape index (κ2) is 5.41. The van der Waals surface area contributed by atoms with Gasteiger partial charge in [-0.25, -0.2) is 4.39 Å². The molecule has 0 saturated heterocycles. The Hall–Kier alpha value is -0.940. The van der Waals surface area contributed by atoms with E-state index < -0.39 is 5.97 Å². The Bertz CT molecular complexity index is 398. The molecule has 16 heavy (non-hydrogen) atoms. The third-order valence-electron chi connectivity index (χ3n) is 2.47. The van der Waals surface area contributed by atoms with Crippen LogP contribution in [0.1, 0.15) is 18.5 Å². The van der Waals surface area contributed by atoms with Crippen LogP contribution >= 0.6 is 15.9 Å². The second-order valence-corrected chi connectivity index (χ2v) is 4.51. The number of carbonyl (C=O) groups is 1. The van der Waals surface area contributed by atoms with Gasteiger partial charge in [-0.3, -0.25) is 9.69 Å². The smallest absolute Gasteiger partial charge is 0.317 e. The van der Waals surface area contributed by atoms with E-state index in [0.29, 0.717) is 4.47 Å². The van der Waals surface area contributed by atoms with Gasteiger partial charge in [0.05, 0.1) is 11.0 Å². The van der Waals surface area contributed by atoms with Crippen molar-refractivity contribution in [2.24, 2.45) is 0 Å². The van der Waals surface area contributed by atoms with Crippen molar-refractivity contribution >= 4 is 21.9 Å². The summed E-state index contributed by atoms with van der Waals surface area (Å²) in [5.74, 6) is -1.20. The van der Waals surface area contributed by atoms with Gasteiger partial charge >= 0.3 is 5.97 Å². The van der Waals surface area contributed by atoms with Gasteiger partial charge in [0.2, 0.25) is 0 Å². The Balaban J connectivity index is 2.83. The third kappa shape index (κ3) is 3.28. The van der Waals surface area contributed by atoms with E-state index in [4.69, 9.17) is 5.11 Å². The van der Waals surface area contributed by atoms with Crippen molar-refractivity contribution in [3.63, 3.8) is 0 Å². The van der Waals surface area contributed by atoms with Crippen molar-refractivity contribution in [3.05, 3.63) is 34.1 Å². The average molecular weight is 290 g/mol. The van der Waals surface area contributed by atoms with Crippen molar-refractivity contribution in [2.45, 2.75) is 13.0 Å². The second-order valence-electron chi connectivity index (χ2n) is 3.66. The predicted octanol–water partition coefficient (Wildman–Crippen LogP) is 2.67. The summed E-state index contributed by atoms with van der Waals surface area (Å²) in [5, 5.41) is 8.67. The standard InChI is InChI=1S/C11H13BrFNO2/c1-7(14(2)6-11(15)16)8-3-4-10(13)9(12)5-8/h3-5,7H,6H2,1-2H3,(H,15,16). The first kappa shape index (κ1) is 13.1. The molecule has 0 heterocycles. The van der Waals surface area contributed by atoms with E-state index >= 15 is 0 Å². The van der Waals surface area contributed by atoms with Crippen molar-refractivity contribution in [1.29, 1.82) is 0 Å². The molecule has 0 aliphatic heterocycles. The molecule has 0 aromatic heterocycles. The molecule has 1 atom stereocenters. The summed E-state index contributed by atoms with van der Waals surface area (Å²) in [6.45, 7) is 1.83. The van der Waals surface area contributed by atoms with Gasteiger partial charge < -0.3 is 5.11 Å². The van der Waals surface area contributed by atoms with E-state index in [9.17, 15) is 9.18 Å². The number of nitrogens with zero attached hydrogens (tertiary/aromatic N) is 1. The number of likely N-dealkylation sites (N-methyl/N-ethyl adjacent to an activating group) is 1. The molecule has 0 radical (unpaired) electrons. The first-order chi connectivity index (χ1) is 7.41. The van der Waals surface area contributed by atoms with Gasteiger partial charge in [-0.2, -0.15) is 0 Å². The van der Waals surface area contributed by atoms with E-state index in [1.165, 1.54) is 6.07 Å². The number of rotatable bonds is 4. The van der Waals surface area contributed by atoms with Gasteiger partial charge in [0.15, 0.2) is 0 Å². The van der Waals surface area contributed by atoms with E-state index in [0.717, 1.165) is 5.56 Å². The molecule has 1 rings (SSSR count). The minimum absolute atomic E-state index is 0.0455. The summed E-state index contributed by atoms with van der Waals surface area (Å²) in [7, 11) is 1.72. The lowest BCUT2D eigenvalue weighted by Gasteiger charge is -2.23. The van der Waals surface area contributed by atoms with Gasteiger partial charge in [0, 0.05) is 6.04 Å². The lowest BCUT2D eigenvalue weighted by Crippen LogP contribution is -2.28. The molecule has 0 bridgehead atoms. The Kier molecular flexibility index (Phi) is 4.44. The predicted molar refractivity (Wildman–Crippen MR) is 62.8 cm³/mol. The van der Waals surface area contributed by atoms with Crippen LogP contribution in [0.5, 0.6) is 0 Å². The molecule has 0 fully saturated rings. The fourth-order valence-corrected chi connectivity index (χ4v) is 1.77. The number of hydrogen-bond acceptors (Lipinski definition) is 2. The Labute approximate surface area is 102 Å². The summed E-state index contributed by atoms with van der Waals surface area (Å²) in [6, 6.07) is 4.61. The maximum Gasteiger partial charge on any atom is 0.317 e. The maximum atomic E-state index is 13.0. The highest BCUT2D eigenvalue weighted by atomic mass is 79.9. The molecule has 0 aliphatic rings. The SMILES string of the molecule is CC(c1ccc(F)c(Br)c1)N(C)CC(=O)O. The molecule has 88 valence electrons. The zero-order valence-electron chi connectivity index (χ0n) is 9.08. The number of benzene rings is 1. The van der Waals surface area contributed by atoms with Gasteiger partial charge in [-0.15, -0.1) is 0 Å². The quantitative estimate of drug-likeness (QED) is 0.926. The Morgan fingerprint density at radius 2 is 2.25 bits per heavy atom. The molecule has 1 N–H and O–H groups in total. The Morgan fingerprint density at radius 1 is 1.62 bits per heavy atom. The van der Waals surface area contributed by atoms with Crippen LogP contribution in [0.4, 0.5) is 4.39 Å². The lowest BCUT2D eigenvalue weighted by atomic mass is 10.1. The van der Waals surface area contributed by atoms with Crippen LogP contribution in [0.3, 0.4) is 0 Å². The summed E-state index contributed by atoms with van der Waals surface area (Å²) in [6.07, 6.45) is 0. The molecule has 0 spiro atoms. The molecule has 0 aliphatic carbocycles. The number of halogens is 2. The molecule has 0 saturated carbocycles. The van der Waals surface area contributed by atoms with E-state index in [1.54, 1.807) is 24.1 Å². The first-order valence-corrected chi connectivity index (χ1v) is 5.58. The van der Waals surface area contributed by atoms with Crippen LogP contribution in [-0.4, -0.2) is 29.6 Å². The van der Waals surface area contributed by atoms with E-state index in [1.807, 2.05) is 6.92 Å². The largest absolute Gasteiger partial charge is 0.480 e. The molecule has 1 unspecified atom stereocenters. The summed E-state index contributed by atoms with van der Waals surface area (Å²) in [5.41, 5.74) is 0.872. The fourth-order valence-electron chi connectivity index (χ4n) is 1.38. The summed E-state index contributed by atoms with van der Waals surface area (Å²) in [4.78, 5) is 12.2. The molecule has 0 amide bonds. The highest BCUT2D eigenvalue weighted by Crippen LogP contribution is 2.24. The molecule has 5 heteroatoms. The highest BCUT2D eigenvalue weighted by Gasteiger charge is 2.15. The molecular weight excluding hydrogens is 277 g/mol. The van der Waals surface area contributed by atoms with Gasteiger partial charge in [0.25, 0.3) is 0 Å². The molecular formula is C11H13BrFNO2. The van der Waals surface area contributed by atoms with Crippen molar-refractivity contribution in [1.82, 2.24) is 4.90 Å².